The molecule has 6 nitrogen and oxygen atoms in total. The number of amides is 1. The molecule has 0 bridgehead atoms. The summed E-state index contributed by atoms with van der Waals surface area (Å²) in [7, 11) is 6.03. The topological polar surface area (TPSA) is 52.6 Å². The van der Waals surface area contributed by atoms with E-state index in [9.17, 15) is 9.18 Å². The van der Waals surface area contributed by atoms with Crippen LogP contribution in [0.3, 0.4) is 0 Å². The summed E-state index contributed by atoms with van der Waals surface area (Å²) in [4.78, 5) is 27.8. The van der Waals surface area contributed by atoms with Gasteiger partial charge in [-0.1, -0.05) is 12.1 Å². The molecule has 0 N–H and O–H groups in total. The molecule has 1 aromatic heterocycles. The number of carbonyl (C=O) groups is 1. The molecule has 1 aromatic carbocycles. The molecule has 7 heteroatoms. The van der Waals surface area contributed by atoms with Crippen LogP contribution in [0.5, 0.6) is 0 Å². The van der Waals surface area contributed by atoms with E-state index in [2.05, 4.69) is 21.9 Å². The Bertz CT molecular complexity index is 811. The Morgan fingerprint density at radius 1 is 1.17 bits per heavy atom. The molecule has 0 saturated carbocycles. The van der Waals surface area contributed by atoms with Crippen molar-refractivity contribution in [3.05, 3.63) is 53.7 Å². The van der Waals surface area contributed by atoms with Crippen LogP contribution in [-0.2, 0) is 17.6 Å². The first-order valence-corrected chi connectivity index (χ1v) is 10.1. The fourth-order valence-electron chi connectivity index (χ4n) is 3.74. The van der Waals surface area contributed by atoms with Crippen molar-refractivity contribution in [2.75, 3.05) is 52.2 Å². The van der Waals surface area contributed by atoms with E-state index in [0.717, 1.165) is 49.7 Å². The Labute approximate surface area is 172 Å². The second-order valence-corrected chi connectivity index (χ2v) is 8.06. The second-order valence-electron chi connectivity index (χ2n) is 8.06. The van der Waals surface area contributed by atoms with Gasteiger partial charge in [-0.3, -0.25) is 4.79 Å². The molecule has 3 rings (SSSR count). The molecule has 1 unspecified atom stereocenters. The van der Waals surface area contributed by atoms with Crippen LogP contribution >= 0.6 is 0 Å². The average Bonchev–Trinajstić information content (AvgIpc) is 2.88. The van der Waals surface area contributed by atoms with Gasteiger partial charge in [0, 0.05) is 58.5 Å². The molecule has 2 aromatic rings. The molecule has 1 amide bonds. The maximum absolute atomic E-state index is 13.1. The fraction of sp³-hybridized carbons (Fsp3) is 0.500. The zero-order valence-corrected chi connectivity index (χ0v) is 17.5. The summed E-state index contributed by atoms with van der Waals surface area (Å²) in [6, 6.07) is 8.41. The SMILES string of the molecule is CN1CCN(C(=O)CCc2ccc(F)cc2)CC(Cc2cc(N(C)C)ncn2)C1. The third-order valence-corrected chi connectivity index (χ3v) is 5.36. The summed E-state index contributed by atoms with van der Waals surface area (Å²) >= 11 is 0. The maximum Gasteiger partial charge on any atom is 0.222 e. The van der Waals surface area contributed by atoms with Crippen LogP contribution in [0.4, 0.5) is 10.2 Å². The van der Waals surface area contributed by atoms with E-state index >= 15 is 0 Å². The lowest BCUT2D eigenvalue weighted by atomic mass is 10.0. The minimum atomic E-state index is -0.249. The summed E-state index contributed by atoms with van der Waals surface area (Å²) in [6.07, 6.45) is 3.50. The average molecular weight is 400 g/mol. The number of hydrogen-bond acceptors (Lipinski definition) is 5. The Morgan fingerprint density at radius 3 is 2.66 bits per heavy atom. The van der Waals surface area contributed by atoms with Crippen molar-refractivity contribution in [1.82, 2.24) is 19.8 Å². The third kappa shape index (κ3) is 6.22. The Balaban J connectivity index is 1.61. The number of benzene rings is 1. The highest BCUT2D eigenvalue weighted by Crippen LogP contribution is 2.17. The van der Waals surface area contributed by atoms with Crippen LogP contribution in [0.25, 0.3) is 0 Å². The van der Waals surface area contributed by atoms with Gasteiger partial charge < -0.3 is 14.7 Å². The summed E-state index contributed by atoms with van der Waals surface area (Å²) in [5.41, 5.74) is 1.99. The van der Waals surface area contributed by atoms with E-state index in [4.69, 9.17) is 0 Å². The number of carbonyl (C=O) groups excluding carboxylic acids is 1. The predicted octanol–water partition coefficient (Wildman–Crippen LogP) is 2.25. The van der Waals surface area contributed by atoms with Crippen molar-refractivity contribution in [3.8, 4) is 0 Å². The molecule has 1 aliphatic heterocycles. The highest BCUT2D eigenvalue weighted by Gasteiger charge is 2.24. The van der Waals surface area contributed by atoms with E-state index < -0.39 is 0 Å². The van der Waals surface area contributed by atoms with E-state index in [1.807, 2.05) is 30.0 Å². The van der Waals surface area contributed by atoms with Gasteiger partial charge in [-0.25, -0.2) is 14.4 Å². The number of hydrogen-bond donors (Lipinski definition) is 0. The molecule has 0 spiro atoms. The molecule has 0 radical (unpaired) electrons. The van der Waals surface area contributed by atoms with Crippen LogP contribution in [0.1, 0.15) is 17.7 Å². The zero-order chi connectivity index (χ0) is 20.8. The molecule has 29 heavy (non-hydrogen) atoms. The van der Waals surface area contributed by atoms with Crippen molar-refractivity contribution in [2.24, 2.45) is 5.92 Å². The predicted molar refractivity (Wildman–Crippen MR) is 112 cm³/mol. The zero-order valence-electron chi connectivity index (χ0n) is 17.5. The number of halogens is 1. The van der Waals surface area contributed by atoms with Crippen molar-refractivity contribution >= 4 is 11.7 Å². The monoisotopic (exact) mass is 399 g/mol. The summed E-state index contributed by atoms with van der Waals surface area (Å²) in [6.45, 7) is 3.27. The lowest BCUT2D eigenvalue weighted by Gasteiger charge is -2.24. The molecule has 1 saturated heterocycles. The van der Waals surface area contributed by atoms with Crippen LogP contribution in [0, 0.1) is 11.7 Å². The lowest BCUT2D eigenvalue weighted by molar-refractivity contribution is -0.131. The van der Waals surface area contributed by atoms with Gasteiger partial charge in [0.2, 0.25) is 5.91 Å². The van der Waals surface area contributed by atoms with Crippen molar-refractivity contribution < 1.29 is 9.18 Å². The van der Waals surface area contributed by atoms with E-state index in [0.29, 0.717) is 18.8 Å². The van der Waals surface area contributed by atoms with Crippen molar-refractivity contribution in [1.29, 1.82) is 0 Å². The van der Waals surface area contributed by atoms with E-state index in [1.54, 1.807) is 18.5 Å². The number of anilines is 1. The molecule has 2 heterocycles. The fourth-order valence-corrected chi connectivity index (χ4v) is 3.74. The van der Waals surface area contributed by atoms with Gasteiger partial charge in [0.15, 0.2) is 0 Å². The molecular weight excluding hydrogens is 369 g/mol. The van der Waals surface area contributed by atoms with Gasteiger partial charge in [0.05, 0.1) is 0 Å². The Morgan fingerprint density at radius 2 is 1.93 bits per heavy atom. The van der Waals surface area contributed by atoms with Gasteiger partial charge in [0.1, 0.15) is 18.0 Å². The molecule has 1 atom stereocenters. The van der Waals surface area contributed by atoms with Crippen molar-refractivity contribution in [2.45, 2.75) is 19.3 Å². The molecular formula is C22H30FN5O. The number of nitrogens with zero attached hydrogens (tertiary/aromatic N) is 5. The van der Waals surface area contributed by atoms with Gasteiger partial charge in [-0.15, -0.1) is 0 Å². The van der Waals surface area contributed by atoms with Crippen LogP contribution in [-0.4, -0.2) is 73.0 Å². The van der Waals surface area contributed by atoms with Gasteiger partial charge in [0.25, 0.3) is 0 Å². The lowest BCUT2D eigenvalue weighted by Crippen LogP contribution is -2.36. The smallest absolute Gasteiger partial charge is 0.222 e. The number of aryl methyl sites for hydroxylation is 1. The Kier molecular flexibility index (Phi) is 7.14. The number of rotatable bonds is 6. The van der Waals surface area contributed by atoms with E-state index in [-0.39, 0.29) is 11.7 Å². The largest absolute Gasteiger partial charge is 0.363 e. The number of aromatic nitrogens is 2. The first-order chi connectivity index (χ1) is 13.9. The first-order valence-electron chi connectivity index (χ1n) is 10.1. The summed E-state index contributed by atoms with van der Waals surface area (Å²) in [5, 5.41) is 0. The first kappa shape index (κ1) is 21.2. The van der Waals surface area contributed by atoms with Crippen molar-refractivity contribution in [3.63, 3.8) is 0 Å². The molecule has 1 aliphatic rings. The van der Waals surface area contributed by atoms with Crippen LogP contribution < -0.4 is 4.90 Å². The standard InChI is InChI=1S/C22H30FN5O/c1-26(2)21-13-20(24-16-25-21)12-18-14-27(3)10-11-28(15-18)22(29)9-6-17-4-7-19(23)8-5-17/h4-5,7-8,13,16,18H,6,9-12,14-15H2,1-3H3. The molecule has 1 fully saturated rings. The molecule has 0 aliphatic carbocycles. The van der Waals surface area contributed by atoms with Crippen LogP contribution in [0.15, 0.2) is 36.7 Å². The van der Waals surface area contributed by atoms with Crippen LogP contribution in [0.2, 0.25) is 0 Å². The quantitative estimate of drug-likeness (QED) is 0.746. The summed E-state index contributed by atoms with van der Waals surface area (Å²) in [5.74, 6) is 1.12. The van der Waals surface area contributed by atoms with Gasteiger partial charge >= 0.3 is 0 Å². The Hall–Kier alpha value is -2.54. The normalized spacial score (nSPS) is 17.8. The van der Waals surface area contributed by atoms with Gasteiger partial charge in [-0.05, 0) is 43.5 Å². The highest BCUT2D eigenvalue weighted by molar-refractivity contribution is 5.76. The third-order valence-electron chi connectivity index (χ3n) is 5.36. The number of likely N-dealkylation sites (N-methyl/N-ethyl adjacent to an activating group) is 1. The minimum absolute atomic E-state index is 0.159. The van der Waals surface area contributed by atoms with E-state index in [1.165, 1.54) is 12.1 Å². The second kappa shape index (κ2) is 9.78. The summed E-state index contributed by atoms with van der Waals surface area (Å²) < 4.78 is 13.1. The minimum Gasteiger partial charge on any atom is -0.363 e. The van der Waals surface area contributed by atoms with Gasteiger partial charge in [-0.2, -0.15) is 0 Å². The molecule has 156 valence electrons. The maximum atomic E-state index is 13.1. The highest BCUT2D eigenvalue weighted by atomic mass is 19.1.